The second kappa shape index (κ2) is 5.23. The SMILES string of the molecule is Cc1cc(CO)cc(N(C)Cc2ccoc2C)n1. The van der Waals surface area contributed by atoms with Gasteiger partial charge in [-0.15, -0.1) is 0 Å². The zero-order valence-corrected chi connectivity index (χ0v) is 11.0. The molecule has 18 heavy (non-hydrogen) atoms. The number of furan rings is 1. The van der Waals surface area contributed by atoms with Crippen LogP contribution < -0.4 is 4.90 Å². The Balaban J connectivity index is 2.20. The van der Waals surface area contributed by atoms with Crippen LogP contribution in [0.1, 0.15) is 22.6 Å². The lowest BCUT2D eigenvalue weighted by Crippen LogP contribution is -2.18. The summed E-state index contributed by atoms with van der Waals surface area (Å²) in [5, 5.41) is 9.21. The average molecular weight is 246 g/mol. The molecule has 2 aromatic rings. The van der Waals surface area contributed by atoms with Crippen molar-refractivity contribution >= 4 is 5.82 Å². The van der Waals surface area contributed by atoms with Crippen molar-refractivity contribution in [2.45, 2.75) is 27.0 Å². The Morgan fingerprint density at radius 3 is 2.72 bits per heavy atom. The molecule has 2 aromatic heterocycles. The van der Waals surface area contributed by atoms with Gasteiger partial charge in [-0.05, 0) is 37.6 Å². The van der Waals surface area contributed by atoms with Gasteiger partial charge in [-0.25, -0.2) is 4.98 Å². The summed E-state index contributed by atoms with van der Waals surface area (Å²) in [6.45, 7) is 4.66. The molecule has 0 fully saturated rings. The molecule has 2 heterocycles. The van der Waals surface area contributed by atoms with Gasteiger partial charge in [0, 0.05) is 24.8 Å². The molecule has 4 nitrogen and oxygen atoms in total. The first-order chi connectivity index (χ1) is 8.60. The Morgan fingerprint density at radius 1 is 1.33 bits per heavy atom. The largest absolute Gasteiger partial charge is 0.469 e. The van der Waals surface area contributed by atoms with Crippen LogP contribution >= 0.6 is 0 Å². The summed E-state index contributed by atoms with van der Waals surface area (Å²) in [6.07, 6.45) is 1.70. The van der Waals surface area contributed by atoms with Gasteiger partial charge in [0.2, 0.25) is 0 Å². The molecule has 0 amide bonds. The van der Waals surface area contributed by atoms with Crippen LogP contribution in [0.2, 0.25) is 0 Å². The number of nitrogens with zero attached hydrogens (tertiary/aromatic N) is 2. The van der Waals surface area contributed by atoms with Gasteiger partial charge >= 0.3 is 0 Å². The van der Waals surface area contributed by atoms with E-state index in [1.807, 2.05) is 44.0 Å². The third-order valence-electron chi connectivity index (χ3n) is 2.95. The Labute approximate surface area is 107 Å². The number of anilines is 1. The van der Waals surface area contributed by atoms with E-state index >= 15 is 0 Å². The van der Waals surface area contributed by atoms with E-state index in [1.54, 1.807) is 6.26 Å². The van der Waals surface area contributed by atoms with Crippen molar-refractivity contribution in [3.63, 3.8) is 0 Å². The molecule has 0 aliphatic heterocycles. The van der Waals surface area contributed by atoms with Crippen molar-refractivity contribution in [3.05, 3.63) is 47.0 Å². The van der Waals surface area contributed by atoms with Gasteiger partial charge in [0.25, 0.3) is 0 Å². The van der Waals surface area contributed by atoms with Crippen LogP contribution in [-0.4, -0.2) is 17.1 Å². The Bertz CT molecular complexity index is 534. The van der Waals surface area contributed by atoms with Crippen molar-refractivity contribution in [2.75, 3.05) is 11.9 Å². The molecule has 0 aromatic carbocycles. The third kappa shape index (κ3) is 2.71. The van der Waals surface area contributed by atoms with Gasteiger partial charge in [0.05, 0.1) is 12.9 Å². The minimum absolute atomic E-state index is 0.0366. The highest BCUT2D eigenvalue weighted by molar-refractivity contribution is 5.42. The summed E-state index contributed by atoms with van der Waals surface area (Å²) in [6, 6.07) is 5.76. The van der Waals surface area contributed by atoms with Crippen LogP contribution in [0.5, 0.6) is 0 Å². The Morgan fingerprint density at radius 2 is 2.11 bits per heavy atom. The van der Waals surface area contributed by atoms with Gasteiger partial charge < -0.3 is 14.4 Å². The van der Waals surface area contributed by atoms with E-state index in [4.69, 9.17) is 4.42 Å². The van der Waals surface area contributed by atoms with Gasteiger partial charge in [0.15, 0.2) is 0 Å². The summed E-state index contributed by atoms with van der Waals surface area (Å²) in [5.41, 5.74) is 2.94. The Kier molecular flexibility index (Phi) is 3.67. The molecule has 0 aliphatic carbocycles. The van der Waals surface area contributed by atoms with Crippen molar-refractivity contribution < 1.29 is 9.52 Å². The van der Waals surface area contributed by atoms with E-state index in [-0.39, 0.29) is 6.61 Å². The van der Waals surface area contributed by atoms with Crippen LogP contribution in [0, 0.1) is 13.8 Å². The number of hydrogen-bond donors (Lipinski definition) is 1. The summed E-state index contributed by atoms with van der Waals surface area (Å²) < 4.78 is 5.28. The lowest BCUT2D eigenvalue weighted by Gasteiger charge is -2.19. The normalized spacial score (nSPS) is 10.7. The molecule has 1 N–H and O–H groups in total. The average Bonchev–Trinajstić information content (AvgIpc) is 2.74. The predicted molar refractivity (Wildman–Crippen MR) is 70.4 cm³/mol. The second-order valence-electron chi connectivity index (χ2n) is 4.49. The minimum atomic E-state index is 0.0366. The number of hydrogen-bond acceptors (Lipinski definition) is 4. The molecule has 0 atom stereocenters. The van der Waals surface area contributed by atoms with Crippen molar-refractivity contribution in [2.24, 2.45) is 0 Å². The van der Waals surface area contributed by atoms with Crippen LogP contribution in [0.4, 0.5) is 5.82 Å². The molecule has 0 radical (unpaired) electrons. The van der Waals surface area contributed by atoms with E-state index in [0.29, 0.717) is 0 Å². The van der Waals surface area contributed by atoms with E-state index < -0.39 is 0 Å². The lowest BCUT2D eigenvalue weighted by molar-refractivity contribution is 0.281. The Hall–Kier alpha value is -1.81. The van der Waals surface area contributed by atoms with E-state index in [9.17, 15) is 5.11 Å². The standard InChI is InChI=1S/C14H18N2O2/c1-10-6-12(9-17)7-14(15-10)16(3)8-13-4-5-18-11(13)2/h4-7,17H,8-9H2,1-3H3. The van der Waals surface area contributed by atoms with E-state index in [2.05, 4.69) is 4.98 Å². The fraction of sp³-hybridized carbons (Fsp3) is 0.357. The molecule has 0 aliphatic rings. The van der Waals surface area contributed by atoms with Crippen molar-refractivity contribution in [1.82, 2.24) is 4.98 Å². The van der Waals surface area contributed by atoms with Gasteiger partial charge in [-0.1, -0.05) is 0 Å². The van der Waals surface area contributed by atoms with Crippen LogP contribution in [0.3, 0.4) is 0 Å². The molecule has 0 unspecified atom stereocenters. The zero-order chi connectivity index (χ0) is 13.1. The number of rotatable bonds is 4. The van der Waals surface area contributed by atoms with E-state index in [1.165, 1.54) is 0 Å². The van der Waals surface area contributed by atoms with Gasteiger partial charge in [-0.2, -0.15) is 0 Å². The fourth-order valence-electron chi connectivity index (χ4n) is 1.92. The molecule has 2 rings (SSSR count). The molecule has 0 saturated heterocycles. The summed E-state index contributed by atoms with van der Waals surface area (Å²) in [4.78, 5) is 6.52. The van der Waals surface area contributed by atoms with Crippen LogP contribution in [0.25, 0.3) is 0 Å². The van der Waals surface area contributed by atoms with Crippen molar-refractivity contribution in [3.8, 4) is 0 Å². The maximum absolute atomic E-state index is 9.21. The molecule has 96 valence electrons. The summed E-state index contributed by atoms with van der Waals surface area (Å²) in [5.74, 6) is 1.79. The lowest BCUT2D eigenvalue weighted by atomic mass is 10.2. The first kappa shape index (κ1) is 12.6. The topological polar surface area (TPSA) is 49.5 Å². The summed E-state index contributed by atoms with van der Waals surface area (Å²) in [7, 11) is 1.98. The highest BCUT2D eigenvalue weighted by atomic mass is 16.3. The van der Waals surface area contributed by atoms with Crippen molar-refractivity contribution in [1.29, 1.82) is 0 Å². The van der Waals surface area contributed by atoms with E-state index in [0.717, 1.165) is 34.9 Å². The molecule has 0 saturated carbocycles. The monoisotopic (exact) mass is 246 g/mol. The van der Waals surface area contributed by atoms with Crippen LogP contribution in [0.15, 0.2) is 28.9 Å². The van der Waals surface area contributed by atoms with Crippen LogP contribution in [-0.2, 0) is 13.2 Å². The zero-order valence-electron chi connectivity index (χ0n) is 11.0. The van der Waals surface area contributed by atoms with Gasteiger partial charge in [-0.3, -0.25) is 0 Å². The molecule has 0 bridgehead atoms. The first-order valence-corrected chi connectivity index (χ1v) is 5.92. The number of aryl methyl sites for hydroxylation is 2. The number of pyridine rings is 1. The fourth-order valence-corrected chi connectivity index (χ4v) is 1.92. The molecular weight excluding hydrogens is 228 g/mol. The molecule has 0 spiro atoms. The molecule has 4 heteroatoms. The minimum Gasteiger partial charge on any atom is -0.469 e. The summed E-state index contributed by atoms with van der Waals surface area (Å²) >= 11 is 0. The quantitative estimate of drug-likeness (QED) is 0.900. The second-order valence-corrected chi connectivity index (χ2v) is 4.49. The highest BCUT2D eigenvalue weighted by Gasteiger charge is 2.09. The van der Waals surface area contributed by atoms with Gasteiger partial charge in [0.1, 0.15) is 11.6 Å². The maximum atomic E-state index is 9.21. The predicted octanol–water partition coefficient (Wildman–Crippen LogP) is 2.42. The maximum Gasteiger partial charge on any atom is 0.129 e. The number of aliphatic hydroxyl groups excluding tert-OH is 1. The highest BCUT2D eigenvalue weighted by Crippen LogP contribution is 2.18. The molecular formula is C14H18N2O2. The number of aromatic nitrogens is 1. The first-order valence-electron chi connectivity index (χ1n) is 5.92. The number of aliphatic hydroxyl groups is 1. The smallest absolute Gasteiger partial charge is 0.129 e. The third-order valence-corrected chi connectivity index (χ3v) is 2.95.